The van der Waals surface area contributed by atoms with Gasteiger partial charge in [-0.3, -0.25) is 0 Å². The summed E-state index contributed by atoms with van der Waals surface area (Å²) in [4.78, 5) is 0. The van der Waals surface area contributed by atoms with E-state index < -0.39 is 0 Å². The Morgan fingerprint density at radius 3 is 2.38 bits per heavy atom. The average molecular weight is 183 g/mol. The number of hydrogen-bond acceptors (Lipinski definition) is 1. The summed E-state index contributed by atoms with van der Waals surface area (Å²) in [5, 5.41) is 3.39. The highest BCUT2D eigenvalue weighted by Crippen LogP contribution is 2.45. The first-order valence-electron chi connectivity index (χ1n) is 5.90. The second kappa shape index (κ2) is 4.99. The Morgan fingerprint density at radius 2 is 1.92 bits per heavy atom. The fraction of sp³-hybridized carbons (Fsp3) is 1.00. The van der Waals surface area contributed by atoms with Crippen molar-refractivity contribution < 1.29 is 0 Å². The van der Waals surface area contributed by atoms with Gasteiger partial charge in [-0.05, 0) is 31.2 Å². The van der Waals surface area contributed by atoms with E-state index in [9.17, 15) is 0 Å². The predicted octanol–water partition coefficient (Wildman–Crippen LogP) is 3.20. The largest absolute Gasteiger partial charge is 0.319 e. The zero-order valence-corrected chi connectivity index (χ0v) is 9.53. The van der Waals surface area contributed by atoms with Gasteiger partial charge in [0.25, 0.3) is 0 Å². The van der Waals surface area contributed by atoms with Gasteiger partial charge in [-0.1, -0.05) is 39.5 Å². The van der Waals surface area contributed by atoms with Crippen LogP contribution in [-0.2, 0) is 0 Å². The van der Waals surface area contributed by atoms with Crippen molar-refractivity contribution in [2.24, 2.45) is 11.3 Å². The quantitative estimate of drug-likeness (QED) is 0.690. The SMILES string of the molecule is CCCC(C)C1(CNC)CCCC1. The highest BCUT2D eigenvalue weighted by molar-refractivity contribution is 4.90. The van der Waals surface area contributed by atoms with Crippen LogP contribution in [0.25, 0.3) is 0 Å². The normalized spacial score (nSPS) is 23.3. The van der Waals surface area contributed by atoms with Crippen molar-refractivity contribution in [2.45, 2.75) is 52.4 Å². The monoisotopic (exact) mass is 183 g/mol. The first kappa shape index (κ1) is 11.0. The van der Waals surface area contributed by atoms with Crippen molar-refractivity contribution in [2.75, 3.05) is 13.6 Å². The molecule has 78 valence electrons. The zero-order valence-electron chi connectivity index (χ0n) is 9.53. The third kappa shape index (κ3) is 2.46. The first-order valence-corrected chi connectivity index (χ1v) is 5.90. The topological polar surface area (TPSA) is 12.0 Å². The standard InChI is InChI=1S/C12H25N/c1-4-7-11(2)12(10-13-3)8-5-6-9-12/h11,13H,4-10H2,1-3H3. The molecule has 1 aliphatic rings. The molecule has 0 aliphatic heterocycles. The summed E-state index contributed by atoms with van der Waals surface area (Å²) < 4.78 is 0. The molecule has 1 aliphatic carbocycles. The van der Waals surface area contributed by atoms with Crippen LogP contribution in [-0.4, -0.2) is 13.6 Å². The number of nitrogens with one attached hydrogen (secondary N) is 1. The van der Waals surface area contributed by atoms with Gasteiger partial charge in [0, 0.05) is 6.54 Å². The molecule has 1 rings (SSSR count). The minimum absolute atomic E-state index is 0.644. The van der Waals surface area contributed by atoms with E-state index in [0.29, 0.717) is 5.41 Å². The lowest BCUT2D eigenvalue weighted by Gasteiger charge is -2.35. The molecule has 13 heavy (non-hydrogen) atoms. The van der Waals surface area contributed by atoms with Crippen LogP contribution in [0, 0.1) is 11.3 Å². The van der Waals surface area contributed by atoms with E-state index in [2.05, 4.69) is 26.2 Å². The van der Waals surface area contributed by atoms with E-state index >= 15 is 0 Å². The third-order valence-corrected chi connectivity index (χ3v) is 3.90. The predicted molar refractivity (Wildman–Crippen MR) is 58.9 cm³/mol. The third-order valence-electron chi connectivity index (χ3n) is 3.90. The summed E-state index contributed by atoms with van der Waals surface area (Å²) in [6, 6.07) is 0. The van der Waals surface area contributed by atoms with E-state index in [1.807, 2.05) is 0 Å². The molecule has 1 N–H and O–H groups in total. The van der Waals surface area contributed by atoms with E-state index in [1.165, 1.54) is 45.1 Å². The lowest BCUT2D eigenvalue weighted by molar-refractivity contribution is 0.168. The maximum atomic E-state index is 3.39. The molecule has 0 heterocycles. The summed E-state index contributed by atoms with van der Waals surface area (Å²) in [5.74, 6) is 0.910. The molecule has 0 aromatic rings. The molecule has 0 bridgehead atoms. The average Bonchev–Trinajstić information content (AvgIpc) is 2.55. The van der Waals surface area contributed by atoms with Gasteiger partial charge in [0.15, 0.2) is 0 Å². The van der Waals surface area contributed by atoms with E-state index in [1.54, 1.807) is 0 Å². The second-order valence-corrected chi connectivity index (χ2v) is 4.79. The van der Waals surface area contributed by atoms with Gasteiger partial charge in [-0.25, -0.2) is 0 Å². The first-order chi connectivity index (χ1) is 6.25. The van der Waals surface area contributed by atoms with Gasteiger partial charge in [0.2, 0.25) is 0 Å². The Morgan fingerprint density at radius 1 is 1.31 bits per heavy atom. The number of hydrogen-bond donors (Lipinski definition) is 1. The van der Waals surface area contributed by atoms with E-state index in [0.717, 1.165) is 5.92 Å². The molecule has 0 aromatic carbocycles. The van der Waals surface area contributed by atoms with Crippen molar-refractivity contribution in [3.8, 4) is 0 Å². The zero-order chi connectivity index (χ0) is 9.73. The summed E-state index contributed by atoms with van der Waals surface area (Å²) >= 11 is 0. The summed E-state index contributed by atoms with van der Waals surface area (Å²) in [6.07, 6.45) is 8.56. The fourth-order valence-electron chi connectivity index (χ4n) is 3.01. The maximum Gasteiger partial charge on any atom is 0.000736 e. The van der Waals surface area contributed by atoms with Crippen molar-refractivity contribution in [1.29, 1.82) is 0 Å². The summed E-state index contributed by atoms with van der Waals surface area (Å²) in [6.45, 7) is 5.98. The van der Waals surface area contributed by atoms with Crippen LogP contribution in [0.4, 0.5) is 0 Å². The van der Waals surface area contributed by atoms with Crippen molar-refractivity contribution in [3.05, 3.63) is 0 Å². The molecule has 0 saturated heterocycles. The Kier molecular flexibility index (Phi) is 4.24. The van der Waals surface area contributed by atoms with Crippen LogP contribution in [0.3, 0.4) is 0 Å². The lowest BCUT2D eigenvalue weighted by atomic mass is 9.73. The molecule has 1 unspecified atom stereocenters. The molecule has 0 spiro atoms. The number of rotatable bonds is 5. The second-order valence-electron chi connectivity index (χ2n) is 4.79. The van der Waals surface area contributed by atoms with Crippen molar-refractivity contribution >= 4 is 0 Å². The highest BCUT2D eigenvalue weighted by Gasteiger charge is 2.37. The molecule has 1 fully saturated rings. The van der Waals surface area contributed by atoms with Gasteiger partial charge in [0.05, 0.1) is 0 Å². The van der Waals surface area contributed by atoms with Crippen molar-refractivity contribution in [1.82, 2.24) is 5.32 Å². The lowest BCUT2D eigenvalue weighted by Crippen LogP contribution is -2.35. The summed E-state index contributed by atoms with van der Waals surface area (Å²) in [7, 11) is 2.10. The summed E-state index contributed by atoms with van der Waals surface area (Å²) in [5.41, 5.74) is 0.644. The van der Waals surface area contributed by atoms with E-state index in [4.69, 9.17) is 0 Å². The molecule has 0 radical (unpaired) electrons. The van der Waals surface area contributed by atoms with Gasteiger partial charge >= 0.3 is 0 Å². The Labute approximate surface area is 83.3 Å². The van der Waals surface area contributed by atoms with Crippen LogP contribution in [0.5, 0.6) is 0 Å². The minimum atomic E-state index is 0.644. The Balaban J connectivity index is 2.54. The van der Waals surface area contributed by atoms with Crippen LogP contribution in [0.2, 0.25) is 0 Å². The molecule has 1 nitrogen and oxygen atoms in total. The fourth-order valence-corrected chi connectivity index (χ4v) is 3.01. The maximum absolute atomic E-state index is 3.39. The van der Waals surface area contributed by atoms with Crippen molar-refractivity contribution in [3.63, 3.8) is 0 Å². The van der Waals surface area contributed by atoms with Crippen LogP contribution >= 0.6 is 0 Å². The Bertz CT molecular complexity index is 136. The molecular weight excluding hydrogens is 158 g/mol. The smallest absolute Gasteiger partial charge is 0.000736 e. The molecule has 0 amide bonds. The van der Waals surface area contributed by atoms with E-state index in [-0.39, 0.29) is 0 Å². The van der Waals surface area contributed by atoms with Gasteiger partial charge < -0.3 is 5.32 Å². The molecule has 1 atom stereocenters. The molecular formula is C12H25N. The highest BCUT2D eigenvalue weighted by atomic mass is 14.8. The van der Waals surface area contributed by atoms with Gasteiger partial charge in [0.1, 0.15) is 0 Å². The van der Waals surface area contributed by atoms with Gasteiger partial charge in [-0.15, -0.1) is 0 Å². The minimum Gasteiger partial charge on any atom is -0.319 e. The van der Waals surface area contributed by atoms with Crippen LogP contribution < -0.4 is 5.32 Å². The molecule has 1 saturated carbocycles. The molecule has 1 heteroatoms. The Hall–Kier alpha value is -0.0400. The molecule has 0 aromatic heterocycles. The van der Waals surface area contributed by atoms with Gasteiger partial charge in [-0.2, -0.15) is 0 Å². The van der Waals surface area contributed by atoms with Crippen LogP contribution in [0.15, 0.2) is 0 Å². The van der Waals surface area contributed by atoms with Crippen LogP contribution in [0.1, 0.15) is 52.4 Å².